The van der Waals surface area contributed by atoms with Gasteiger partial charge in [-0.15, -0.1) is 0 Å². The van der Waals surface area contributed by atoms with Crippen molar-refractivity contribution in [2.45, 2.75) is 70.6 Å². The standard InChI is InChI=1S/C22H38N8O7/c1-12(2)28-17(32)9-25-20(35)13(3)29-18(33)10-27-22(37)15(6-7-16(23)31)30-19(34)11-26-21(36)14-5-4-8-24-14/h12-15,24H,4-11H2,1-3H3,(H2,23,31)(H,25,35)(H,26,36)(H,27,37)(H,28,32)(H,29,33)(H,30,34). The van der Waals surface area contributed by atoms with Gasteiger partial charge in [0.25, 0.3) is 0 Å². The predicted octanol–water partition coefficient (Wildman–Crippen LogP) is -4.13. The molecule has 0 saturated carbocycles. The smallest absolute Gasteiger partial charge is 0.243 e. The van der Waals surface area contributed by atoms with Crippen LogP contribution in [-0.2, 0) is 33.6 Å². The molecule has 1 heterocycles. The minimum Gasteiger partial charge on any atom is -0.370 e. The van der Waals surface area contributed by atoms with E-state index >= 15 is 0 Å². The van der Waals surface area contributed by atoms with E-state index in [2.05, 4.69) is 37.2 Å². The second kappa shape index (κ2) is 16.1. The molecule has 1 saturated heterocycles. The van der Waals surface area contributed by atoms with E-state index in [9.17, 15) is 33.6 Å². The summed E-state index contributed by atoms with van der Waals surface area (Å²) in [5, 5.41) is 17.6. The first-order valence-corrected chi connectivity index (χ1v) is 12.1. The summed E-state index contributed by atoms with van der Waals surface area (Å²) in [6.07, 6.45) is 1.19. The molecule has 208 valence electrons. The molecule has 37 heavy (non-hydrogen) atoms. The zero-order valence-electron chi connectivity index (χ0n) is 21.4. The number of hydrogen-bond donors (Lipinski definition) is 8. The number of carbonyl (C=O) groups is 7. The van der Waals surface area contributed by atoms with Crippen molar-refractivity contribution >= 4 is 41.4 Å². The summed E-state index contributed by atoms with van der Waals surface area (Å²) in [6.45, 7) is 4.51. The molecule has 0 bridgehead atoms. The van der Waals surface area contributed by atoms with Gasteiger partial charge in [-0.05, 0) is 46.6 Å². The molecular formula is C22H38N8O7. The maximum atomic E-state index is 12.5. The van der Waals surface area contributed by atoms with Gasteiger partial charge in [-0.3, -0.25) is 33.6 Å². The molecule has 1 aliphatic rings. The molecule has 0 radical (unpaired) electrons. The average molecular weight is 527 g/mol. The molecule has 0 aromatic heterocycles. The first kappa shape index (κ1) is 31.3. The third kappa shape index (κ3) is 13.2. The third-order valence-corrected chi connectivity index (χ3v) is 5.20. The summed E-state index contributed by atoms with van der Waals surface area (Å²) in [5.41, 5.74) is 5.14. The monoisotopic (exact) mass is 526 g/mol. The maximum absolute atomic E-state index is 12.5. The summed E-state index contributed by atoms with van der Waals surface area (Å²) < 4.78 is 0. The van der Waals surface area contributed by atoms with E-state index in [1.165, 1.54) is 6.92 Å². The van der Waals surface area contributed by atoms with Gasteiger partial charge in [-0.1, -0.05) is 0 Å². The Balaban J connectivity index is 2.50. The van der Waals surface area contributed by atoms with Crippen molar-refractivity contribution in [1.29, 1.82) is 0 Å². The quantitative estimate of drug-likeness (QED) is 0.104. The van der Waals surface area contributed by atoms with Crippen molar-refractivity contribution in [2.24, 2.45) is 5.73 Å². The summed E-state index contributed by atoms with van der Waals surface area (Å²) in [6, 6.07) is -2.63. The first-order chi connectivity index (χ1) is 17.4. The van der Waals surface area contributed by atoms with Gasteiger partial charge in [0.05, 0.1) is 25.7 Å². The van der Waals surface area contributed by atoms with Crippen LogP contribution in [0.25, 0.3) is 0 Å². The van der Waals surface area contributed by atoms with Crippen LogP contribution in [-0.4, -0.2) is 91.7 Å². The fourth-order valence-corrected chi connectivity index (χ4v) is 3.34. The lowest BCUT2D eigenvalue weighted by Gasteiger charge is -2.19. The molecule has 1 rings (SSSR count). The Labute approximate surface area is 215 Å². The fraction of sp³-hybridized carbons (Fsp3) is 0.682. The highest BCUT2D eigenvalue weighted by molar-refractivity contribution is 5.94. The molecule has 9 N–H and O–H groups in total. The molecule has 15 nitrogen and oxygen atoms in total. The molecule has 7 amide bonds. The minimum absolute atomic E-state index is 0.0882. The van der Waals surface area contributed by atoms with E-state index in [-0.39, 0.29) is 49.8 Å². The summed E-state index contributed by atoms with van der Waals surface area (Å²) >= 11 is 0. The Kier molecular flexibility index (Phi) is 13.6. The van der Waals surface area contributed by atoms with Crippen molar-refractivity contribution in [3.63, 3.8) is 0 Å². The third-order valence-electron chi connectivity index (χ3n) is 5.20. The molecule has 0 aromatic rings. The summed E-state index contributed by atoms with van der Waals surface area (Å²) in [4.78, 5) is 83.8. The molecule has 15 heteroatoms. The SMILES string of the molecule is CC(C)NC(=O)CNC(=O)C(C)NC(=O)CNC(=O)C(CCC(N)=O)NC(=O)CNC(=O)C1CCCN1. The van der Waals surface area contributed by atoms with Gasteiger partial charge in [-0.25, -0.2) is 0 Å². The van der Waals surface area contributed by atoms with E-state index < -0.39 is 48.2 Å². The van der Waals surface area contributed by atoms with Crippen LogP contribution in [0.3, 0.4) is 0 Å². The van der Waals surface area contributed by atoms with Crippen LogP contribution in [0, 0.1) is 0 Å². The minimum atomic E-state index is -1.19. The van der Waals surface area contributed by atoms with Gasteiger partial charge in [0.2, 0.25) is 41.4 Å². The van der Waals surface area contributed by atoms with Crippen molar-refractivity contribution in [3.05, 3.63) is 0 Å². The van der Waals surface area contributed by atoms with E-state index in [4.69, 9.17) is 5.73 Å². The van der Waals surface area contributed by atoms with Gasteiger partial charge in [0.15, 0.2) is 0 Å². The zero-order chi connectivity index (χ0) is 28.0. The molecular weight excluding hydrogens is 488 g/mol. The lowest BCUT2D eigenvalue weighted by Crippen LogP contribution is -2.53. The Morgan fingerprint density at radius 1 is 0.811 bits per heavy atom. The zero-order valence-corrected chi connectivity index (χ0v) is 21.4. The van der Waals surface area contributed by atoms with Crippen molar-refractivity contribution in [3.8, 4) is 0 Å². The largest absolute Gasteiger partial charge is 0.370 e. The van der Waals surface area contributed by atoms with Crippen LogP contribution in [0.2, 0.25) is 0 Å². The molecule has 3 unspecified atom stereocenters. The number of carbonyl (C=O) groups excluding carboxylic acids is 7. The van der Waals surface area contributed by atoms with Gasteiger partial charge < -0.3 is 43.0 Å². The highest BCUT2D eigenvalue weighted by atomic mass is 16.2. The van der Waals surface area contributed by atoms with Crippen LogP contribution >= 0.6 is 0 Å². The Morgan fingerprint density at radius 2 is 1.38 bits per heavy atom. The maximum Gasteiger partial charge on any atom is 0.243 e. The number of nitrogens with two attached hydrogens (primary N) is 1. The topological polar surface area (TPSA) is 230 Å². The van der Waals surface area contributed by atoms with E-state index in [0.717, 1.165) is 6.42 Å². The average Bonchev–Trinajstić information content (AvgIpc) is 3.36. The number of primary amides is 1. The van der Waals surface area contributed by atoms with Gasteiger partial charge in [-0.2, -0.15) is 0 Å². The summed E-state index contributed by atoms with van der Waals surface area (Å²) in [7, 11) is 0. The van der Waals surface area contributed by atoms with Crippen molar-refractivity contribution in [1.82, 2.24) is 37.2 Å². The molecule has 0 aromatic carbocycles. The molecule has 1 aliphatic heterocycles. The highest BCUT2D eigenvalue weighted by Gasteiger charge is 2.25. The Hall–Kier alpha value is -3.75. The second-order valence-electron chi connectivity index (χ2n) is 8.94. The van der Waals surface area contributed by atoms with Crippen LogP contribution in [0.1, 0.15) is 46.5 Å². The van der Waals surface area contributed by atoms with Crippen LogP contribution in [0.5, 0.6) is 0 Å². The van der Waals surface area contributed by atoms with Crippen LogP contribution in [0.15, 0.2) is 0 Å². The number of hydrogen-bond acceptors (Lipinski definition) is 8. The molecule has 0 aliphatic carbocycles. The Morgan fingerprint density at radius 3 is 1.95 bits per heavy atom. The molecule has 0 spiro atoms. The molecule has 1 fully saturated rings. The van der Waals surface area contributed by atoms with E-state index in [0.29, 0.717) is 13.0 Å². The number of nitrogens with one attached hydrogen (secondary N) is 7. The lowest BCUT2D eigenvalue weighted by atomic mass is 10.1. The van der Waals surface area contributed by atoms with E-state index in [1.54, 1.807) is 13.8 Å². The second-order valence-corrected chi connectivity index (χ2v) is 8.94. The van der Waals surface area contributed by atoms with Gasteiger partial charge in [0, 0.05) is 12.5 Å². The van der Waals surface area contributed by atoms with Crippen LogP contribution < -0.4 is 43.0 Å². The molecule has 3 atom stereocenters. The fourth-order valence-electron chi connectivity index (χ4n) is 3.34. The van der Waals surface area contributed by atoms with Crippen molar-refractivity contribution in [2.75, 3.05) is 26.2 Å². The number of rotatable bonds is 15. The van der Waals surface area contributed by atoms with Gasteiger partial charge >= 0.3 is 0 Å². The normalized spacial score (nSPS) is 16.2. The summed E-state index contributed by atoms with van der Waals surface area (Å²) in [5.74, 6) is -4.11. The van der Waals surface area contributed by atoms with Gasteiger partial charge in [0.1, 0.15) is 12.1 Å². The predicted molar refractivity (Wildman–Crippen MR) is 131 cm³/mol. The first-order valence-electron chi connectivity index (χ1n) is 12.1. The van der Waals surface area contributed by atoms with Crippen molar-refractivity contribution < 1.29 is 33.6 Å². The van der Waals surface area contributed by atoms with Crippen LogP contribution in [0.4, 0.5) is 0 Å². The highest BCUT2D eigenvalue weighted by Crippen LogP contribution is 2.04. The number of amides is 7. The Bertz CT molecular complexity index is 858. The van der Waals surface area contributed by atoms with E-state index in [1.807, 2.05) is 0 Å². The lowest BCUT2D eigenvalue weighted by molar-refractivity contribution is -0.132.